The van der Waals surface area contributed by atoms with E-state index in [4.69, 9.17) is 9.47 Å². The zero-order chi connectivity index (χ0) is 26.0. The van der Waals surface area contributed by atoms with Gasteiger partial charge in [-0.2, -0.15) is 0 Å². The molecule has 1 N–H and O–H groups in total. The molecule has 11 nitrogen and oxygen atoms in total. The van der Waals surface area contributed by atoms with E-state index in [1.54, 1.807) is 0 Å². The largest absolute Gasteiger partial charge is 0.497 e. The third-order valence-electron chi connectivity index (χ3n) is 6.24. The molecule has 2 aromatic rings. The average Bonchev–Trinajstić information content (AvgIpc) is 3.13. The highest BCUT2D eigenvalue weighted by molar-refractivity contribution is 6.22. The number of fused-ring (bicyclic) bond motifs is 1. The lowest BCUT2D eigenvalue weighted by Crippen LogP contribution is -2.31. The maximum Gasteiger partial charge on any atom is 0.338 e. The summed E-state index contributed by atoms with van der Waals surface area (Å²) < 4.78 is 10.0. The van der Waals surface area contributed by atoms with Gasteiger partial charge in [0, 0.05) is 12.1 Å². The van der Waals surface area contributed by atoms with Gasteiger partial charge < -0.3 is 14.8 Å². The second kappa shape index (κ2) is 9.98. The molecule has 0 unspecified atom stereocenters. The Hall–Kier alpha value is -4.54. The second-order valence-corrected chi connectivity index (χ2v) is 8.48. The SMILES string of the molecule is COc1ccc([N+](=O)[O-])c(NC(=O)COC(=O)c2ccc(N3C(=O)[C@H]4[C@@H](C)C=CC[C@H]4C3=O)cc2)c1. The van der Waals surface area contributed by atoms with Crippen LogP contribution >= 0.6 is 0 Å². The molecule has 0 bridgehead atoms. The van der Waals surface area contributed by atoms with Crippen molar-refractivity contribution in [3.8, 4) is 5.75 Å². The minimum absolute atomic E-state index is 0.0380. The Balaban J connectivity index is 1.38. The highest BCUT2D eigenvalue weighted by Gasteiger charge is 2.50. The molecule has 186 valence electrons. The van der Waals surface area contributed by atoms with Gasteiger partial charge in [-0.15, -0.1) is 0 Å². The first-order valence-electron chi connectivity index (χ1n) is 11.1. The number of amides is 3. The number of imide groups is 1. The summed E-state index contributed by atoms with van der Waals surface area (Å²) in [5.41, 5.74) is 0.00793. The number of benzene rings is 2. The predicted molar refractivity (Wildman–Crippen MR) is 127 cm³/mol. The quantitative estimate of drug-likeness (QED) is 0.204. The van der Waals surface area contributed by atoms with Crippen LogP contribution in [-0.2, 0) is 19.1 Å². The average molecular weight is 493 g/mol. The van der Waals surface area contributed by atoms with Crippen LogP contribution in [0.4, 0.5) is 17.1 Å². The first-order valence-corrected chi connectivity index (χ1v) is 11.1. The Bertz CT molecular complexity index is 1270. The molecular formula is C25H23N3O8. The van der Waals surface area contributed by atoms with Gasteiger partial charge in [0.25, 0.3) is 11.6 Å². The Morgan fingerprint density at radius 2 is 1.86 bits per heavy atom. The molecule has 1 aliphatic carbocycles. The summed E-state index contributed by atoms with van der Waals surface area (Å²) in [6.45, 7) is 1.22. The van der Waals surface area contributed by atoms with Gasteiger partial charge in [-0.1, -0.05) is 19.1 Å². The van der Waals surface area contributed by atoms with Crippen LogP contribution < -0.4 is 15.0 Å². The van der Waals surface area contributed by atoms with E-state index in [1.807, 2.05) is 19.1 Å². The zero-order valence-corrected chi connectivity index (χ0v) is 19.5. The normalized spacial score (nSPS) is 20.6. The molecule has 3 atom stereocenters. The van der Waals surface area contributed by atoms with Gasteiger partial charge in [-0.25, -0.2) is 4.79 Å². The molecule has 1 heterocycles. The summed E-state index contributed by atoms with van der Waals surface area (Å²) in [6.07, 6.45) is 4.38. The van der Waals surface area contributed by atoms with Crippen molar-refractivity contribution in [3.05, 3.63) is 70.3 Å². The number of nitro groups is 1. The van der Waals surface area contributed by atoms with Crippen molar-refractivity contribution in [2.45, 2.75) is 13.3 Å². The monoisotopic (exact) mass is 493 g/mol. The first kappa shape index (κ1) is 24.6. The van der Waals surface area contributed by atoms with E-state index >= 15 is 0 Å². The number of hydrogen-bond donors (Lipinski definition) is 1. The number of ether oxygens (including phenoxy) is 2. The van der Waals surface area contributed by atoms with Crippen molar-refractivity contribution >= 4 is 40.8 Å². The minimum atomic E-state index is -0.817. The fourth-order valence-corrected chi connectivity index (χ4v) is 4.45. The van der Waals surface area contributed by atoms with E-state index in [0.29, 0.717) is 17.9 Å². The predicted octanol–water partition coefficient (Wildman–Crippen LogP) is 3.10. The van der Waals surface area contributed by atoms with Crippen molar-refractivity contribution in [1.29, 1.82) is 0 Å². The molecule has 0 spiro atoms. The topological polar surface area (TPSA) is 145 Å². The van der Waals surface area contributed by atoms with Crippen molar-refractivity contribution in [2.75, 3.05) is 23.9 Å². The van der Waals surface area contributed by atoms with Crippen LogP contribution in [0.2, 0.25) is 0 Å². The number of methoxy groups -OCH3 is 1. The Labute approximate surface area is 205 Å². The highest BCUT2D eigenvalue weighted by atomic mass is 16.6. The van der Waals surface area contributed by atoms with Crippen LogP contribution in [0.15, 0.2) is 54.6 Å². The first-order chi connectivity index (χ1) is 17.2. The fourth-order valence-electron chi connectivity index (χ4n) is 4.45. The smallest absolute Gasteiger partial charge is 0.338 e. The van der Waals surface area contributed by atoms with Gasteiger partial charge in [0.1, 0.15) is 11.4 Å². The summed E-state index contributed by atoms with van der Waals surface area (Å²) in [7, 11) is 1.38. The Kier molecular flexibility index (Phi) is 6.82. The van der Waals surface area contributed by atoms with E-state index in [9.17, 15) is 29.3 Å². The molecule has 36 heavy (non-hydrogen) atoms. The molecule has 4 rings (SSSR count). The summed E-state index contributed by atoms with van der Waals surface area (Å²) in [6, 6.07) is 9.59. The summed E-state index contributed by atoms with van der Waals surface area (Å²) in [5.74, 6) is -2.65. The molecular weight excluding hydrogens is 470 g/mol. The molecule has 0 saturated carbocycles. The van der Waals surface area contributed by atoms with E-state index in [1.165, 1.54) is 49.6 Å². The van der Waals surface area contributed by atoms with Crippen LogP contribution in [0.1, 0.15) is 23.7 Å². The molecule has 2 aliphatic rings. The molecule has 0 aromatic heterocycles. The molecule has 0 radical (unpaired) electrons. The van der Waals surface area contributed by atoms with Gasteiger partial charge in [-0.3, -0.25) is 29.4 Å². The highest BCUT2D eigenvalue weighted by Crippen LogP contribution is 2.40. The number of carbonyl (C=O) groups is 4. The number of rotatable bonds is 7. The Morgan fingerprint density at radius 3 is 2.50 bits per heavy atom. The third-order valence-corrected chi connectivity index (χ3v) is 6.24. The van der Waals surface area contributed by atoms with Crippen LogP contribution in [0, 0.1) is 27.9 Å². The minimum Gasteiger partial charge on any atom is -0.497 e. The van der Waals surface area contributed by atoms with E-state index in [0.717, 1.165) is 4.90 Å². The number of anilines is 2. The van der Waals surface area contributed by atoms with Gasteiger partial charge in [0.2, 0.25) is 11.8 Å². The van der Waals surface area contributed by atoms with E-state index in [-0.39, 0.29) is 40.6 Å². The molecule has 11 heteroatoms. The lowest BCUT2D eigenvalue weighted by Gasteiger charge is -2.22. The number of nitrogens with zero attached hydrogens (tertiary/aromatic N) is 2. The van der Waals surface area contributed by atoms with Crippen molar-refractivity contribution in [2.24, 2.45) is 17.8 Å². The van der Waals surface area contributed by atoms with Gasteiger partial charge >= 0.3 is 5.97 Å². The van der Waals surface area contributed by atoms with Gasteiger partial charge in [-0.05, 0) is 42.7 Å². The molecule has 1 fully saturated rings. The maximum absolute atomic E-state index is 12.9. The molecule has 1 aliphatic heterocycles. The summed E-state index contributed by atoms with van der Waals surface area (Å²) >= 11 is 0. The zero-order valence-electron chi connectivity index (χ0n) is 19.5. The third kappa shape index (κ3) is 4.67. The Morgan fingerprint density at radius 1 is 1.14 bits per heavy atom. The van der Waals surface area contributed by atoms with Crippen LogP contribution in [0.5, 0.6) is 5.75 Å². The maximum atomic E-state index is 12.9. The standard InChI is InChI=1S/C25H23N3O8/c1-14-4-3-5-18-22(14)24(31)27(23(18)30)16-8-6-15(7-9-16)25(32)36-13-21(29)26-19-12-17(35-2)10-11-20(19)28(33)34/h3-4,6-12,14,18,22H,5,13H2,1-2H3,(H,26,29)/t14-,18+,22-/m0/s1. The summed E-state index contributed by atoms with van der Waals surface area (Å²) in [4.78, 5) is 62.0. The second-order valence-electron chi connectivity index (χ2n) is 8.48. The van der Waals surface area contributed by atoms with E-state index in [2.05, 4.69) is 5.32 Å². The number of hydrogen-bond acceptors (Lipinski definition) is 8. The molecule has 1 saturated heterocycles. The number of esters is 1. The van der Waals surface area contributed by atoms with Crippen molar-refractivity contribution < 1.29 is 33.6 Å². The summed E-state index contributed by atoms with van der Waals surface area (Å²) in [5, 5.41) is 13.5. The lowest BCUT2D eigenvalue weighted by molar-refractivity contribution is -0.383. The van der Waals surface area contributed by atoms with Gasteiger partial charge in [0.15, 0.2) is 6.61 Å². The number of nitro benzene ring substituents is 1. The molecule has 3 amide bonds. The van der Waals surface area contributed by atoms with Crippen LogP contribution in [-0.4, -0.2) is 42.3 Å². The van der Waals surface area contributed by atoms with Crippen molar-refractivity contribution in [3.63, 3.8) is 0 Å². The van der Waals surface area contributed by atoms with Crippen LogP contribution in [0.25, 0.3) is 0 Å². The lowest BCUT2D eigenvalue weighted by atomic mass is 9.78. The van der Waals surface area contributed by atoms with Crippen LogP contribution in [0.3, 0.4) is 0 Å². The fraction of sp³-hybridized carbons (Fsp3) is 0.280. The number of carbonyl (C=O) groups excluding carboxylic acids is 4. The van der Waals surface area contributed by atoms with Crippen molar-refractivity contribution in [1.82, 2.24) is 0 Å². The number of allylic oxidation sites excluding steroid dienone is 2. The number of nitrogens with one attached hydrogen (secondary N) is 1. The molecule has 2 aromatic carbocycles. The van der Waals surface area contributed by atoms with Gasteiger partial charge in [0.05, 0.1) is 35.1 Å². The van der Waals surface area contributed by atoms with E-state index < -0.39 is 29.3 Å².